The molecule has 10 heteroatoms. The Kier molecular flexibility index (Phi) is 6.19. The molecular formula is C21H20F3N3O4. The first-order chi connectivity index (χ1) is 14.6. The average Bonchev–Trinajstić information content (AvgIpc) is 3.08. The summed E-state index contributed by atoms with van der Waals surface area (Å²) in [6.45, 7) is 2.41. The summed E-state index contributed by atoms with van der Waals surface area (Å²) in [5, 5.41) is 2.70. The van der Waals surface area contributed by atoms with Crippen LogP contribution in [0.15, 0.2) is 36.4 Å². The van der Waals surface area contributed by atoms with Gasteiger partial charge in [-0.2, -0.15) is 13.2 Å². The highest BCUT2D eigenvalue weighted by Crippen LogP contribution is 2.33. The molecule has 0 saturated carbocycles. The van der Waals surface area contributed by atoms with Gasteiger partial charge in [0.15, 0.2) is 0 Å². The Bertz CT molecular complexity index is 1140. The summed E-state index contributed by atoms with van der Waals surface area (Å²) in [6.07, 6.45) is -4.76. The molecule has 0 saturated heterocycles. The van der Waals surface area contributed by atoms with Gasteiger partial charge in [-0.25, -0.2) is 4.98 Å². The second-order valence-corrected chi connectivity index (χ2v) is 6.70. The van der Waals surface area contributed by atoms with E-state index in [1.54, 1.807) is 25.1 Å². The van der Waals surface area contributed by atoms with Crippen molar-refractivity contribution < 1.29 is 32.2 Å². The lowest BCUT2D eigenvalue weighted by atomic mass is 10.1. The fourth-order valence-electron chi connectivity index (χ4n) is 3.21. The highest BCUT2D eigenvalue weighted by atomic mass is 19.4. The topological polar surface area (TPSA) is 82.4 Å². The second-order valence-electron chi connectivity index (χ2n) is 6.70. The number of imidazole rings is 1. The summed E-state index contributed by atoms with van der Waals surface area (Å²) in [6, 6.07) is 9.48. The lowest BCUT2D eigenvalue weighted by molar-refractivity contribution is -0.147. The van der Waals surface area contributed by atoms with Gasteiger partial charge in [0.2, 0.25) is 5.82 Å². The molecule has 2 aromatic carbocycles. The maximum atomic E-state index is 13.6. The Morgan fingerprint density at radius 3 is 2.52 bits per heavy atom. The molecule has 3 rings (SSSR count). The zero-order chi connectivity index (χ0) is 22.8. The predicted molar refractivity (Wildman–Crippen MR) is 107 cm³/mol. The molecule has 31 heavy (non-hydrogen) atoms. The minimum atomic E-state index is -4.76. The Morgan fingerprint density at radius 1 is 1.16 bits per heavy atom. The van der Waals surface area contributed by atoms with E-state index in [1.165, 1.54) is 32.2 Å². The average molecular weight is 435 g/mol. The van der Waals surface area contributed by atoms with Crippen molar-refractivity contribution in [1.29, 1.82) is 0 Å². The summed E-state index contributed by atoms with van der Waals surface area (Å²) < 4.78 is 51.7. The number of aromatic nitrogens is 2. The molecule has 0 spiro atoms. The van der Waals surface area contributed by atoms with E-state index in [4.69, 9.17) is 9.47 Å². The van der Waals surface area contributed by atoms with Crippen molar-refractivity contribution in [2.75, 3.05) is 19.0 Å². The Morgan fingerprint density at radius 2 is 1.87 bits per heavy atom. The molecule has 0 atom stereocenters. The fraction of sp³-hybridized carbons (Fsp3) is 0.286. The van der Waals surface area contributed by atoms with Crippen LogP contribution in [-0.2, 0) is 22.3 Å². The molecule has 164 valence electrons. The zero-order valence-electron chi connectivity index (χ0n) is 17.0. The molecule has 7 nitrogen and oxygen atoms in total. The van der Waals surface area contributed by atoms with Gasteiger partial charge in [-0.1, -0.05) is 18.2 Å². The number of nitrogens with one attached hydrogen (secondary N) is 1. The standard InChI is InChI=1S/C21H20F3N3O4/c1-12-6-4-9-16(30-3)17(12)25-19(29)14-7-5-8-15-18(14)26-20(21(22,23)24)27(15)10-11-31-13(2)28/h4-9H,10-11H2,1-3H3,(H,25,29). The minimum absolute atomic E-state index is 0.0282. The zero-order valence-corrected chi connectivity index (χ0v) is 17.0. The summed E-state index contributed by atoms with van der Waals surface area (Å²) in [5.74, 6) is -1.99. The van der Waals surface area contributed by atoms with Gasteiger partial charge < -0.3 is 19.4 Å². The Labute approximate surface area is 175 Å². The molecule has 0 unspecified atom stereocenters. The van der Waals surface area contributed by atoms with Crippen molar-refractivity contribution in [2.45, 2.75) is 26.6 Å². The van der Waals surface area contributed by atoms with Crippen molar-refractivity contribution in [3.63, 3.8) is 0 Å². The van der Waals surface area contributed by atoms with Crippen molar-refractivity contribution in [3.8, 4) is 5.75 Å². The smallest absolute Gasteiger partial charge is 0.449 e. The van der Waals surface area contributed by atoms with Gasteiger partial charge in [0, 0.05) is 6.92 Å². The number of alkyl halides is 3. The number of para-hydroxylation sites is 2. The van der Waals surface area contributed by atoms with Gasteiger partial charge >= 0.3 is 12.1 Å². The number of amides is 1. The number of aryl methyl sites for hydroxylation is 1. The normalized spacial score (nSPS) is 11.4. The van der Waals surface area contributed by atoms with Crippen LogP contribution in [0.3, 0.4) is 0 Å². The number of rotatable bonds is 6. The van der Waals surface area contributed by atoms with Gasteiger partial charge in [-0.3, -0.25) is 9.59 Å². The number of ether oxygens (including phenoxy) is 2. The quantitative estimate of drug-likeness (QED) is 0.588. The van der Waals surface area contributed by atoms with Gasteiger partial charge in [0.1, 0.15) is 17.9 Å². The largest absolute Gasteiger partial charge is 0.495 e. The first-order valence-electron chi connectivity index (χ1n) is 9.28. The van der Waals surface area contributed by atoms with Gasteiger partial charge in [0.25, 0.3) is 5.91 Å². The van der Waals surface area contributed by atoms with E-state index in [0.29, 0.717) is 11.4 Å². The number of carbonyl (C=O) groups is 2. The number of esters is 1. The van der Waals surface area contributed by atoms with Crippen LogP contribution >= 0.6 is 0 Å². The third kappa shape index (κ3) is 4.62. The number of nitrogens with zero attached hydrogens (tertiary/aromatic N) is 2. The molecule has 0 aliphatic rings. The Hall–Kier alpha value is -3.56. The lowest BCUT2D eigenvalue weighted by Crippen LogP contribution is -2.18. The van der Waals surface area contributed by atoms with E-state index < -0.39 is 23.9 Å². The van der Waals surface area contributed by atoms with Gasteiger partial charge in [-0.05, 0) is 30.7 Å². The number of hydrogen-bond acceptors (Lipinski definition) is 5. The number of fused-ring (bicyclic) bond motifs is 1. The predicted octanol–water partition coefficient (Wildman–Crippen LogP) is 4.19. The van der Waals surface area contributed by atoms with E-state index in [9.17, 15) is 22.8 Å². The molecule has 3 aromatic rings. The monoisotopic (exact) mass is 435 g/mol. The molecule has 0 aliphatic carbocycles. The molecule has 1 heterocycles. The molecule has 0 radical (unpaired) electrons. The lowest BCUT2D eigenvalue weighted by Gasteiger charge is -2.13. The number of hydrogen-bond donors (Lipinski definition) is 1. The number of methoxy groups -OCH3 is 1. The first kappa shape index (κ1) is 22.1. The van der Waals surface area contributed by atoms with E-state index in [2.05, 4.69) is 10.3 Å². The van der Waals surface area contributed by atoms with Crippen molar-refractivity contribution >= 4 is 28.6 Å². The van der Waals surface area contributed by atoms with Gasteiger partial charge in [0.05, 0.1) is 30.4 Å². The van der Waals surface area contributed by atoms with E-state index in [1.807, 2.05) is 0 Å². The Balaban J connectivity index is 2.05. The highest BCUT2D eigenvalue weighted by Gasteiger charge is 2.38. The minimum Gasteiger partial charge on any atom is -0.495 e. The van der Waals surface area contributed by atoms with Crippen LogP contribution in [0.5, 0.6) is 5.75 Å². The number of anilines is 1. The maximum Gasteiger partial charge on any atom is 0.449 e. The molecule has 0 fully saturated rings. The van der Waals surface area contributed by atoms with E-state index in [0.717, 1.165) is 10.1 Å². The van der Waals surface area contributed by atoms with Crippen LogP contribution in [0.1, 0.15) is 28.7 Å². The van der Waals surface area contributed by atoms with Crippen LogP contribution < -0.4 is 10.1 Å². The molecular weight excluding hydrogens is 415 g/mol. The van der Waals surface area contributed by atoms with Crippen molar-refractivity contribution in [2.24, 2.45) is 0 Å². The number of benzene rings is 2. The van der Waals surface area contributed by atoms with Crippen LogP contribution in [0.25, 0.3) is 11.0 Å². The van der Waals surface area contributed by atoms with Crippen LogP contribution in [0.4, 0.5) is 18.9 Å². The fourth-order valence-corrected chi connectivity index (χ4v) is 3.21. The first-order valence-corrected chi connectivity index (χ1v) is 9.28. The van der Waals surface area contributed by atoms with Crippen molar-refractivity contribution in [3.05, 3.63) is 53.3 Å². The maximum absolute atomic E-state index is 13.6. The summed E-state index contributed by atoms with van der Waals surface area (Å²) in [4.78, 5) is 27.7. The third-order valence-corrected chi connectivity index (χ3v) is 4.59. The van der Waals surface area contributed by atoms with Gasteiger partial charge in [-0.15, -0.1) is 0 Å². The van der Waals surface area contributed by atoms with Crippen LogP contribution in [-0.4, -0.2) is 35.1 Å². The van der Waals surface area contributed by atoms with Crippen LogP contribution in [0, 0.1) is 6.92 Å². The van der Waals surface area contributed by atoms with E-state index >= 15 is 0 Å². The second kappa shape index (κ2) is 8.66. The molecule has 0 aliphatic heterocycles. The molecule has 0 bridgehead atoms. The summed E-state index contributed by atoms with van der Waals surface area (Å²) in [7, 11) is 1.45. The SMILES string of the molecule is COc1cccc(C)c1NC(=O)c1cccc2c1nc(C(F)(F)F)n2CCOC(C)=O. The third-order valence-electron chi connectivity index (χ3n) is 4.59. The number of carbonyl (C=O) groups excluding carboxylic acids is 2. The molecule has 1 amide bonds. The highest BCUT2D eigenvalue weighted by molar-refractivity contribution is 6.12. The van der Waals surface area contributed by atoms with E-state index in [-0.39, 0.29) is 29.7 Å². The van der Waals surface area contributed by atoms with Crippen LogP contribution in [0.2, 0.25) is 0 Å². The van der Waals surface area contributed by atoms with Crippen molar-refractivity contribution in [1.82, 2.24) is 9.55 Å². The molecule has 1 aromatic heterocycles. The number of halogens is 3. The summed E-state index contributed by atoms with van der Waals surface area (Å²) in [5.41, 5.74) is 1.10. The molecule has 1 N–H and O–H groups in total. The summed E-state index contributed by atoms with van der Waals surface area (Å²) >= 11 is 0.